The summed E-state index contributed by atoms with van der Waals surface area (Å²) < 4.78 is 5.44. The molecule has 0 aliphatic carbocycles. The van der Waals surface area contributed by atoms with Crippen molar-refractivity contribution in [1.29, 1.82) is 0 Å². The molecule has 0 radical (unpaired) electrons. The molecule has 0 unspecified atom stereocenters. The van der Waals surface area contributed by atoms with E-state index in [1.54, 1.807) is 0 Å². The first kappa shape index (κ1) is 18.9. The lowest BCUT2D eigenvalue weighted by Gasteiger charge is -2.06. The van der Waals surface area contributed by atoms with E-state index in [0.29, 0.717) is 16.5 Å². The van der Waals surface area contributed by atoms with Gasteiger partial charge in [-0.2, -0.15) is 5.10 Å². The van der Waals surface area contributed by atoms with Crippen molar-refractivity contribution in [2.45, 2.75) is 20.3 Å². The fourth-order valence-electron chi connectivity index (χ4n) is 2.54. The van der Waals surface area contributed by atoms with Crippen LogP contribution in [0, 0.1) is 6.92 Å². The number of aromatic nitrogens is 1. The van der Waals surface area contributed by atoms with E-state index in [9.17, 15) is 4.79 Å². The van der Waals surface area contributed by atoms with Crippen molar-refractivity contribution >= 4 is 34.6 Å². The van der Waals surface area contributed by atoms with E-state index in [4.69, 9.17) is 16.3 Å². The summed E-state index contributed by atoms with van der Waals surface area (Å²) in [7, 11) is 0. The van der Waals surface area contributed by atoms with Crippen molar-refractivity contribution in [2.24, 2.45) is 5.10 Å². The number of benzene rings is 2. The molecule has 0 saturated heterocycles. The molecule has 27 heavy (non-hydrogen) atoms. The first-order valence-electron chi connectivity index (χ1n) is 8.65. The molecule has 0 bridgehead atoms. The molecule has 138 valence electrons. The molecule has 1 amide bonds. The van der Waals surface area contributed by atoms with Crippen LogP contribution >= 0.6 is 11.6 Å². The van der Waals surface area contributed by atoms with Gasteiger partial charge in [-0.1, -0.05) is 42.8 Å². The van der Waals surface area contributed by atoms with Gasteiger partial charge in [0.1, 0.15) is 10.9 Å². The molecule has 0 aliphatic rings. The summed E-state index contributed by atoms with van der Waals surface area (Å²) in [6.45, 7) is 3.96. The SMILES string of the molecule is CCc1ccc(OCC(=O)N/N=C/c2cc3ccc(C)cc3nc2Cl)cc1. The molecular formula is C21H20ClN3O2. The average molecular weight is 382 g/mol. The molecule has 0 fully saturated rings. The number of nitrogens with zero attached hydrogens (tertiary/aromatic N) is 2. The van der Waals surface area contributed by atoms with E-state index in [0.717, 1.165) is 22.9 Å². The van der Waals surface area contributed by atoms with Gasteiger partial charge in [0.25, 0.3) is 5.91 Å². The van der Waals surface area contributed by atoms with Crippen molar-refractivity contribution in [1.82, 2.24) is 10.4 Å². The van der Waals surface area contributed by atoms with E-state index in [1.807, 2.05) is 55.5 Å². The van der Waals surface area contributed by atoms with Gasteiger partial charge in [0.2, 0.25) is 0 Å². The van der Waals surface area contributed by atoms with Crippen LogP contribution in [-0.2, 0) is 11.2 Å². The summed E-state index contributed by atoms with van der Waals surface area (Å²) in [5.74, 6) is 0.287. The summed E-state index contributed by atoms with van der Waals surface area (Å²) >= 11 is 6.20. The Morgan fingerprint density at radius 3 is 2.74 bits per heavy atom. The molecule has 6 heteroatoms. The molecule has 1 N–H and O–H groups in total. The predicted octanol–water partition coefficient (Wildman–Crippen LogP) is 4.29. The molecule has 1 aromatic heterocycles. The Hall–Kier alpha value is -2.92. The third-order valence-electron chi connectivity index (χ3n) is 4.05. The van der Waals surface area contributed by atoms with Crippen molar-refractivity contribution in [3.8, 4) is 5.75 Å². The Bertz CT molecular complexity index is 985. The number of ether oxygens (including phenoxy) is 1. The summed E-state index contributed by atoms with van der Waals surface area (Å²) in [6.07, 6.45) is 2.43. The minimum absolute atomic E-state index is 0.119. The first-order valence-corrected chi connectivity index (χ1v) is 9.03. The number of carbonyl (C=O) groups excluding carboxylic acids is 1. The molecule has 0 atom stereocenters. The summed E-state index contributed by atoms with van der Waals surface area (Å²) in [6, 6.07) is 15.5. The lowest BCUT2D eigenvalue weighted by molar-refractivity contribution is -0.123. The number of hydrazone groups is 1. The molecule has 1 heterocycles. The minimum Gasteiger partial charge on any atom is -0.484 e. The van der Waals surface area contributed by atoms with Crippen molar-refractivity contribution < 1.29 is 9.53 Å². The number of fused-ring (bicyclic) bond motifs is 1. The number of hydrogen-bond donors (Lipinski definition) is 1. The normalized spacial score (nSPS) is 11.1. The van der Waals surface area contributed by atoms with Gasteiger partial charge in [0.05, 0.1) is 11.7 Å². The highest BCUT2D eigenvalue weighted by atomic mass is 35.5. The number of nitrogens with one attached hydrogen (secondary N) is 1. The zero-order valence-electron chi connectivity index (χ0n) is 15.2. The topological polar surface area (TPSA) is 63.6 Å². The molecular weight excluding hydrogens is 362 g/mol. The predicted molar refractivity (Wildman–Crippen MR) is 109 cm³/mol. The molecule has 5 nitrogen and oxygen atoms in total. The summed E-state index contributed by atoms with van der Waals surface area (Å²) in [4.78, 5) is 16.2. The third-order valence-corrected chi connectivity index (χ3v) is 4.35. The minimum atomic E-state index is -0.355. The quantitative estimate of drug-likeness (QED) is 0.393. The van der Waals surface area contributed by atoms with Crippen LogP contribution in [0.2, 0.25) is 5.15 Å². The molecule has 0 saturated carbocycles. The number of aryl methyl sites for hydroxylation is 2. The standard InChI is InChI=1S/C21H20ClN3O2/c1-3-15-5-8-18(9-6-15)27-13-20(26)25-23-12-17-11-16-7-4-14(2)10-19(16)24-21(17)22/h4-12H,3,13H2,1-2H3,(H,25,26)/b23-12+. The number of rotatable bonds is 6. The Balaban J connectivity index is 1.57. The second-order valence-electron chi connectivity index (χ2n) is 6.14. The van der Waals surface area contributed by atoms with Crippen molar-refractivity contribution in [3.63, 3.8) is 0 Å². The lowest BCUT2D eigenvalue weighted by Crippen LogP contribution is -2.24. The number of hydrogen-bond acceptors (Lipinski definition) is 4. The van der Waals surface area contributed by atoms with E-state index in [-0.39, 0.29) is 12.5 Å². The molecule has 0 aliphatic heterocycles. The lowest BCUT2D eigenvalue weighted by atomic mass is 10.1. The maximum absolute atomic E-state index is 11.9. The molecule has 0 spiro atoms. The molecule has 2 aromatic carbocycles. The largest absolute Gasteiger partial charge is 0.484 e. The van der Waals surface area contributed by atoms with Crippen LogP contribution in [0.25, 0.3) is 10.9 Å². The Labute approximate surface area is 163 Å². The maximum atomic E-state index is 11.9. The zero-order chi connectivity index (χ0) is 19.2. The molecule has 3 rings (SSSR count). The van der Waals surface area contributed by atoms with Gasteiger partial charge >= 0.3 is 0 Å². The monoisotopic (exact) mass is 381 g/mol. The fourth-order valence-corrected chi connectivity index (χ4v) is 2.73. The van der Waals surface area contributed by atoms with E-state index < -0.39 is 0 Å². The maximum Gasteiger partial charge on any atom is 0.277 e. The van der Waals surface area contributed by atoms with Crippen LogP contribution in [0.1, 0.15) is 23.6 Å². The van der Waals surface area contributed by atoms with E-state index in [2.05, 4.69) is 22.4 Å². The Kier molecular flexibility index (Phi) is 6.04. The van der Waals surface area contributed by atoms with Crippen LogP contribution in [0.3, 0.4) is 0 Å². The highest BCUT2D eigenvalue weighted by Crippen LogP contribution is 2.20. The van der Waals surface area contributed by atoms with Gasteiger partial charge in [-0.25, -0.2) is 10.4 Å². The van der Waals surface area contributed by atoms with Gasteiger partial charge in [-0.05, 0) is 48.7 Å². The Morgan fingerprint density at radius 1 is 1.22 bits per heavy atom. The third kappa shape index (κ3) is 5.05. The van der Waals surface area contributed by atoms with Gasteiger partial charge in [0, 0.05) is 10.9 Å². The van der Waals surface area contributed by atoms with Crippen LogP contribution in [0.5, 0.6) is 5.75 Å². The van der Waals surface area contributed by atoms with E-state index in [1.165, 1.54) is 11.8 Å². The van der Waals surface area contributed by atoms with Gasteiger partial charge in [-0.3, -0.25) is 4.79 Å². The molecule has 3 aromatic rings. The second kappa shape index (κ2) is 8.64. The van der Waals surface area contributed by atoms with Crippen LogP contribution in [0.4, 0.5) is 0 Å². The first-order chi connectivity index (χ1) is 13.0. The number of halogens is 1. The average Bonchev–Trinajstić information content (AvgIpc) is 2.67. The Morgan fingerprint density at radius 2 is 2.00 bits per heavy atom. The number of pyridine rings is 1. The zero-order valence-corrected chi connectivity index (χ0v) is 16.0. The second-order valence-corrected chi connectivity index (χ2v) is 6.50. The van der Waals surface area contributed by atoms with Gasteiger partial charge in [-0.15, -0.1) is 0 Å². The highest BCUT2D eigenvalue weighted by Gasteiger charge is 2.05. The van der Waals surface area contributed by atoms with Gasteiger partial charge in [0.15, 0.2) is 6.61 Å². The number of carbonyl (C=O) groups is 1. The van der Waals surface area contributed by atoms with Crippen molar-refractivity contribution in [2.75, 3.05) is 6.61 Å². The smallest absolute Gasteiger partial charge is 0.277 e. The summed E-state index contributed by atoms with van der Waals surface area (Å²) in [5, 5.41) is 5.22. The van der Waals surface area contributed by atoms with Crippen LogP contribution in [0.15, 0.2) is 53.6 Å². The van der Waals surface area contributed by atoms with Gasteiger partial charge < -0.3 is 4.74 Å². The highest BCUT2D eigenvalue weighted by molar-refractivity contribution is 6.32. The van der Waals surface area contributed by atoms with Crippen molar-refractivity contribution in [3.05, 3.63) is 70.4 Å². The fraction of sp³-hybridized carbons (Fsp3) is 0.190. The van der Waals surface area contributed by atoms with E-state index >= 15 is 0 Å². The van der Waals surface area contributed by atoms with Crippen LogP contribution in [-0.4, -0.2) is 23.7 Å². The summed E-state index contributed by atoms with van der Waals surface area (Å²) in [5.41, 5.74) is 6.21. The number of amides is 1. The van der Waals surface area contributed by atoms with Crippen LogP contribution < -0.4 is 10.2 Å².